The maximum Gasteiger partial charge on any atom is 0.152 e. The van der Waals surface area contributed by atoms with Crippen LogP contribution in [0.5, 0.6) is 0 Å². The maximum atomic E-state index is 5.84. The van der Waals surface area contributed by atoms with Crippen molar-refractivity contribution in [1.82, 2.24) is 5.43 Å². The Morgan fingerprint density at radius 2 is 2.00 bits per heavy atom. The predicted molar refractivity (Wildman–Crippen MR) is 70.4 cm³/mol. The molecule has 4 heteroatoms. The van der Waals surface area contributed by atoms with E-state index in [1.165, 1.54) is 19.3 Å². The first-order valence-corrected chi connectivity index (χ1v) is 6.36. The number of benzene rings is 1. The molecule has 0 amide bonds. The summed E-state index contributed by atoms with van der Waals surface area (Å²) in [5.74, 6) is 0.980. The van der Waals surface area contributed by atoms with Gasteiger partial charge in [0.05, 0.1) is 11.9 Å². The van der Waals surface area contributed by atoms with Crippen molar-refractivity contribution >= 4 is 17.3 Å². The van der Waals surface area contributed by atoms with Gasteiger partial charge in [-0.05, 0) is 30.7 Å². The van der Waals surface area contributed by atoms with E-state index in [4.69, 9.17) is 16.4 Å². The van der Waals surface area contributed by atoms with Crippen molar-refractivity contribution in [3.05, 3.63) is 41.2 Å². The second kappa shape index (κ2) is 5.82. The Labute approximate surface area is 107 Å². The smallest absolute Gasteiger partial charge is 0.152 e. The molecule has 1 heterocycles. The van der Waals surface area contributed by atoms with Crippen molar-refractivity contribution in [3.63, 3.8) is 0 Å². The van der Waals surface area contributed by atoms with Gasteiger partial charge >= 0.3 is 0 Å². The second-order valence-corrected chi connectivity index (χ2v) is 4.50. The zero-order chi connectivity index (χ0) is 12.1. The lowest BCUT2D eigenvalue weighted by molar-refractivity contribution is 0.182. The van der Waals surface area contributed by atoms with Gasteiger partial charge < -0.3 is 4.84 Å². The molecule has 0 fully saturated rings. The molecular formula is C13H17ClN2O. The minimum absolute atomic E-state index is 0.726. The third kappa shape index (κ3) is 3.30. The van der Waals surface area contributed by atoms with Crippen molar-refractivity contribution in [1.29, 1.82) is 0 Å². The lowest BCUT2D eigenvalue weighted by atomic mass is 10.2. The highest BCUT2D eigenvalue weighted by Gasteiger charge is 2.15. The fourth-order valence-corrected chi connectivity index (χ4v) is 1.80. The fraction of sp³-hybridized carbons (Fsp3) is 0.385. The monoisotopic (exact) mass is 252 g/mol. The van der Waals surface area contributed by atoms with Crippen molar-refractivity contribution in [3.8, 4) is 0 Å². The number of hydrogen-bond donors (Lipinski definition) is 1. The number of rotatable bonds is 5. The molecule has 0 radical (unpaired) electrons. The van der Waals surface area contributed by atoms with Crippen LogP contribution >= 0.6 is 11.6 Å². The molecule has 0 bridgehead atoms. The second-order valence-electron chi connectivity index (χ2n) is 4.06. The Morgan fingerprint density at radius 1 is 1.24 bits per heavy atom. The molecule has 2 rings (SSSR count). The molecule has 17 heavy (non-hydrogen) atoms. The number of nitrogens with one attached hydrogen (secondary N) is 1. The molecule has 1 N–H and O–H groups in total. The van der Waals surface area contributed by atoms with Gasteiger partial charge in [0.15, 0.2) is 5.76 Å². The summed E-state index contributed by atoms with van der Waals surface area (Å²) in [7, 11) is 0. The van der Waals surface area contributed by atoms with E-state index in [2.05, 4.69) is 12.3 Å². The Morgan fingerprint density at radius 3 is 2.71 bits per heavy atom. The minimum atomic E-state index is 0.726. The molecule has 1 aliphatic heterocycles. The van der Waals surface area contributed by atoms with Gasteiger partial charge in [-0.15, -0.1) is 5.17 Å². The number of nitrogens with zero attached hydrogens (tertiary/aromatic N) is 1. The third-order valence-electron chi connectivity index (χ3n) is 2.64. The van der Waals surface area contributed by atoms with Crippen LogP contribution in [0.25, 0.3) is 0 Å². The van der Waals surface area contributed by atoms with E-state index >= 15 is 0 Å². The zero-order valence-electron chi connectivity index (χ0n) is 9.95. The Bertz CT molecular complexity index is 389. The highest BCUT2D eigenvalue weighted by Crippen LogP contribution is 2.22. The molecule has 92 valence electrons. The maximum absolute atomic E-state index is 5.84. The molecule has 1 aliphatic rings. The minimum Gasteiger partial charge on any atom is -0.362 e. The van der Waals surface area contributed by atoms with Crippen LogP contribution in [-0.2, 0) is 4.84 Å². The van der Waals surface area contributed by atoms with Gasteiger partial charge in [0.1, 0.15) is 0 Å². The summed E-state index contributed by atoms with van der Waals surface area (Å²) < 4.78 is 0. The first-order chi connectivity index (χ1) is 8.29. The number of halogens is 1. The van der Waals surface area contributed by atoms with Gasteiger partial charge in [0.2, 0.25) is 0 Å². The van der Waals surface area contributed by atoms with E-state index in [-0.39, 0.29) is 0 Å². The highest BCUT2D eigenvalue weighted by molar-refractivity contribution is 6.30. The van der Waals surface area contributed by atoms with Gasteiger partial charge in [-0.2, -0.15) is 0 Å². The third-order valence-corrected chi connectivity index (χ3v) is 2.89. The van der Waals surface area contributed by atoms with Gasteiger partial charge in [0.25, 0.3) is 0 Å². The van der Waals surface area contributed by atoms with E-state index in [0.717, 1.165) is 22.9 Å². The van der Waals surface area contributed by atoms with Crippen molar-refractivity contribution < 1.29 is 4.84 Å². The Hall–Kier alpha value is -1.35. The summed E-state index contributed by atoms with van der Waals surface area (Å²) in [5, 5.41) is 2.38. The first-order valence-electron chi connectivity index (χ1n) is 5.98. The molecule has 0 saturated heterocycles. The number of unbranched alkanes of at least 4 members (excludes halogenated alkanes) is 2. The SMILES string of the molecule is CCCCCC1=CNN(c2ccc(Cl)cc2)O1. The Kier molecular flexibility index (Phi) is 4.15. The van der Waals surface area contributed by atoms with Crippen molar-refractivity contribution in [2.24, 2.45) is 0 Å². The van der Waals surface area contributed by atoms with Gasteiger partial charge in [-0.3, -0.25) is 5.43 Å². The molecule has 0 spiro atoms. The lowest BCUT2D eigenvalue weighted by Gasteiger charge is -2.17. The van der Waals surface area contributed by atoms with E-state index in [1.54, 1.807) is 5.17 Å². The highest BCUT2D eigenvalue weighted by atomic mass is 35.5. The van der Waals surface area contributed by atoms with E-state index in [1.807, 2.05) is 30.5 Å². The van der Waals surface area contributed by atoms with Crippen LogP contribution in [0, 0.1) is 0 Å². The van der Waals surface area contributed by atoms with Crippen LogP contribution in [0.1, 0.15) is 32.6 Å². The molecular weight excluding hydrogens is 236 g/mol. The van der Waals surface area contributed by atoms with Crippen LogP contribution < -0.4 is 10.6 Å². The van der Waals surface area contributed by atoms with Crippen LogP contribution in [0.15, 0.2) is 36.2 Å². The number of hydrogen-bond acceptors (Lipinski definition) is 3. The van der Waals surface area contributed by atoms with Crippen LogP contribution in [0.2, 0.25) is 5.02 Å². The summed E-state index contributed by atoms with van der Waals surface area (Å²) in [6.45, 7) is 2.20. The average molecular weight is 253 g/mol. The van der Waals surface area contributed by atoms with Crippen LogP contribution in [0.4, 0.5) is 5.69 Å². The molecule has 0 saturated carbocycles. The summed E-state index contributed by atoms with van der Waals surface area (Å²) in [5.41, 5.74) is 4.02. The number of allylic oxidation sites excluding steroid dienone is 1. The Balaban J connectivity index is 1.85. The zero-order valence-corrected chi connectivity index (χ0v) is 10.7. The molecule has 3 nitrogen and oxygen atoms in total. The van der Waals surface area contributed by atoms with E-state index < -0.39 is 0 Å². The molecule has 0 unspecified atom stereocenters. The standard InChI is InChI=1S/C13H17ClN2O/c1-2-3-4-5-13-10-15-16(17-13)12-8-6-11(14)7-9-12/h6-10,15H,2-5H2,1H3. The molecule has 0 aromatic heterocycles. The molecule has 1 aromatic rings. The van der Waals surface area contributed by atoms with E-state index in [9.17, 15) is 0 Å². The summed E-state index contributed by atoms with van der Waals surface area (Å²) in [6, 6.07) is 7.52. The van der Waals surface area contributed by atoms with Crippen molar-refractivity contribution in [2.45, 2.75) is 32.6 Å². The largest absolute Gasteiger partial charge is 0.362 e. The summed E-state index contributed by atoms with van der Waals surface area (Å²) in [6.07, 6.45) is 6.51. The van der Waals surface area contributed by atoms with Gasteiger partial charge in [-0.1, -0.05) is 31.4 Å². The lowest BCUT2D eigenvalue weighted by Crippen LogP contribution is -2.28. The fourth-order valence-electron chi connectivity index (χ4n) is 1.67. The van der Waals surface area contributed by atoms with Crippen LogP contribution in [0.3, 0.4) is 0 Å². The predicted octanol–water partition coefficient (Wildman–Crippen LogP) is 4.02. The van der Waals surface area contributed by atoms with Gasteiger partial charge in [0, 0.05) is 11.4 Å². The molecule has 0 aliphatic carbocycles. The number of hydrazine groups is 1. The topological polar surface area (TPSA) is 24.5 Å². The summed E-state index contributed by atoms with van der Waals surface area (Å²) in [4.78, 5) is 5.67. The van der Waals surface area contributed by atoms with Gasteiger partial charge in [-0.25, -0.2) is 0 Å². The quantitative estimate of drug-likeness (QED) is 0.801. The van der Waals surface area contributed by atoms with Crippen LogP contribution in [-0.4, -0.2) is 0 Å². The van der Waals surface area contributed by atoms with E-state index in [0.29, 0.717) is 0 Å². The first kappa shape index (κ1) is 12.1. The summed E-state index contributed by atoms with van der Waals surface area (Å²) >= 11 is 5.84. The van der Waals surface area contributed by atoms with Crippen molar-refractivity contribution in [2.75, 3.05) is 5.17 Å². The average Bonchev–Trinajstić information content (AvgIpc) is 2.79. The normalized spacial score (nSPS) is 14.2. The molecule has 0 atom stereocenters. The number of anilines is 1. The molecule has 1 aromatic carbocycles.